The lowest BCUT2D eigenvalue weighted by atomic mass is 9.99. The van der Waals surface area contributed by atoms with Crippen molar-refractivity contribution in [2.75, 3.05) is 6.54 Å². The molecule has 0 saturated heterocycles. The quantitative estimate of drug-likeness (QED) is 0.430. The van der Waals surface area contributed by atoms with Gasteiger partial charge in [0.2, 0.25) is 0 Å². The van der Waals surface area contributed by atoms with Gasteiger partial charge in [-0.3, -0.25) is 14.6 Å². The fourth-order valence-electron chi connectivity index (χ4n) is 3.29. The van der Waals surface area contributed by atoms with Crippen molar-refractivity contribution in [2.24, 2.45) is 0 Å². The lowest BCUT2D eigenvalue weighted by Crippen LogP contribution is -2.31. The molecule has 2 N–H and O–H groups in total. The van der Waals surface area contributed by atoms with Crippen molar-refractivity contribution in [2.45, 2.75) is 5.92 Å². The van der Waals surface area contributed by atoms with Crippen LogP contribution >= 0.6 is 11.3 Å². The Morgan fingerprint density at radius 2 is 1.61 bits per heavy atom. The molecule has 154 valence electrons. The first kappa shape index (κ1) is 20.5. The van der Waals surface area contributed by atoms with Crippen LogP contribution in [-0.2, 0) is 4.79 Å². The van der Waals surface area contributed by atoms with Gasteiger partial charge in [-0.25, -0.2) is 0 Å². The Kier molecular flexibility index (Phi) is 6.19. The number of rotatable bonds is 7. The van der Waals surface area contributed by atoms with Crippen LogP contribution in [0.2, 0.25) is 0 Å². The predicted octanol–water partition coefficient (Wildman–Crippen LogP) is 5.08. The van der Waals surface area contributed by atoms with Crippen molar-refractivity contribution in [1.29, 1.82) is 0 Å². The second kappa shape index (κ2) is 9.36. The minimum atomic E-state index is -0.966. The van der Waals surface area contributed by atoms with Gasteiger partial charge in [0.25, 0.3) is 5.91 Å². The van der Waals surface area contributed by atoms with Crippen LogP contribution in [0.5, 0.6) is 0 Å². The number of aliphatic carboxylic acids is 1. The van der Waals surface area contributed by atoms with E-state index in [9.17, 15) is 14.7 Å². The Labute approximate surface area is 184 Å². The number of hydrogen-bond donors (Lipinski definition) is 2. The maximum atomic E-state index is 12.6. The summed E-state index contributed by atoms with van der Waals surface area (Å²) < 4.78 is 0. The zero-order valence-corrected chi connectivity index (χ0v) is 17.4. The molecule has 0 bridgehead atoms. The lowest BCUT2D eigenvalue weighted by Gasteiger charge is -2.13. The summed E-state index contributed by atoms with van der Waals surface area (Å²) in [7, 11) is 0. The molecule has 1 amide bonds. The van der Waals surface area contributed by atoms with Crippen LogP contribution in [0.3, 0.4) is 0 Å². The first-order chi connectivity index (χ1) is 15.1. The van der Waals surface area contributed by atoms with E-state index in [2.05, 4.69) is 10.3 Å². The van der Waals surface area contributed by atoms with Crippen LogP contribution in [0.15, 0.2) is 90.4 Å². The van der Waals surface area contributed by atoms with E-state index in [0.717, 1.165) is 22.4 Å². The molecule has 2 heterocycles. The minimum absolute atomic E-state index is 0.0319. The van der Waals surface area contributed by atoms with E-state index in [1.54, 1.807) is 30.5 Å². The van der Waals surface area contributed by atoms with Gasteiger partial charge in [0.05, 0.1) is 16.5 Å². The number of thiophene rings is 1. The number of carbonyl (C=O) groups excluding carboxylic acids is 1. The number of amides is 1. The number of pyridine rings is 1. The van der Waals surface area contributed by atoms with Crippen LogP contribution in [0.4, 0.5) is 0 Å². The molecule has 4 aromatic rings. The molecule has 6 heteroatoms. The van der Waals surface area contributed by atoms with E-state index >= 15 is 0 Å². The molecule has 0 aliphatic rings. The van der Waals surface area contributed by atoms with E-state index < -0.39 is 11.9 Å². The first-order valence-electron chi connectivity index (χ1n) is 9.78. The molecular formula is C25H20N2O3S. The monoisotopic (exact) mass is 428 g/mol. The molecule has 31 heavy (non-hydrogen) atoms. The molecule has 0 fully saturated rings. The second-order valence-corrected chi connectivity index (χ2v) is 7.91. The van der Waals surface area contributed by atoms with Crippen LogP contribution in [0.25, 0.3) is 22.4 Å². The molecule has 0 spiro atoms. The third-order valence-electron chi connectivity index (χ3n) is 4.97. The summed E-state index contributed by atoms with van der Waals surface area (Å²) in [5.41, 5.74) is 4.54. The Hall–Kier alpha value is -3.77. The molecule has 1 atom stereocenters. The van der Waals surface area contributed by atoms with Gasteiger partial charge in [0.1, 0.15) is 0 Å². The number of carboxylic acids is 1. The molecule has 0 saturated carbocycles. The van der Waals surface area contributed by atoms with Crippen LogP contribution < -0.4 is 5.32 Å². The predicted molar refractivity (Wildman–Crippen MR) is 122 cm³/mol. The highest BCUT2D eigenvalue weighted by Gasteiger charge is 2.21. The third kappa shape index (κ3) is 4.87. The lowest BCUT2D eigenvalue weighted by molar-refractivity contribution is -0.138. The van der Waals surface area contributed by atoms with Crippen molar-refractivity contribution >= 4 is 23.2 Å². The molecular weight excluding hydrogens is 408 g/mol. The third-order valence-corrected chi connectivity index (χ3v) is 5.90. The fraction of sp³-hybridized carbons (Fsp3) is 0.0800. The summed E-state index contributed by atoms with van der Waals surface area (Å²) in [6, 6.07) is 24.6. The van der Waals surface area contributed by atoms with Crippen molar-refractivity contribution < 1.29 is 14.7 Å². The summed E-state index contributed by atoms with van der Waals surface area (Å²) in [4.78, 5) is 29.1. The average molecular weight is 429 g/mol. The summed E-state index contributed by atoms with van der Waals surface area (Å²) in [5.74, 6) is -2.03. The zero-order chi connectivity index (χ0) is 21.6. The summed E-state index contributed by atoms with van der Waals surface area (Å²) >= 11 is 1.34. The van der Waals surface area contributed by atoms with Crippen LogP contribution in [-0.4, -0.2) is 28.5 Å². The number of benzene rings is 2. The smallest absolute Gasteiger partial charge is 0.312 e. The number of carboxylic acid groups (broad SMARTS) is 1. The summed E-state index contributed by atoms with van der Waals surface area (Å²) in [6.07, 6.45) is 1.76. The average Bonchev–Trinajstić information content (AvgIpc) is 3.31. The van der Waals surface area contributed by atoms with Crippen molar-refractivity contribution in [3.05, 3.63) is 101 Å². The van der Waals surface area contributed by atoms with Crippen LogP contribution in [0.1, 0.15) is 21.2 Å². The highest BCUT2D eigenvalue weighted by Crippen LogP contribution is 2.28. The largest absolute Gasteiger partial charge is 0.481 e. The van der Waals surface area contributed by atoms with Gasteiger partial charge >= 0.3 is 5.97 Å². The normalized spacial score (nSPS) is 11.6. The summed E-state index contributed by atoms with van der Waals surface area (Å²) in [5, 5.41) is 14.2. The van der Waals surface area contributed by atoms with Gasteiger partial charge in [-0.2, -0.15) is 0 Å². The van der Waals surface area contributed by atoms with Gasteiger partial charge in [-0.1, -0.05) is 60.7 Å². The molecule has 0 aliphatic heterocycles. The highest BCUT2D eigenvalue weighted by atomic mass is 32.1. The number of carbonyl (C=O) groups is 2. The van der Waals surface area contributed by atoms with E-state index in [1.165, 1.54) is 11.3 Å². The van der Waals surface area contributed by atoms with Gasteiger partial charge in [-0.05, 0) is 40.3 Å². The Morgan fingerprint density at radius 3 is 2.29 bits per heavy atom. The Balaban J connectivity index is 1.43. The molecule has 0 radical (unpaired) electrons. The van der Waals surface area contributed by atoms with E-state index in [1.807, 2.05) is 60.0 Å². The van der Waals surface area contributed by atoms with Gasteiger partial charge in [0.15, 0.2) is 0 Å². The Bertz CT molecular complexity index is 1170. The van der Waals surface area contributed by atoms with E-state index in [4.69, 9.17) is 0 Å². The molecule has 5 nitrogen and oxygen atoms in total. The molecule has 2 aromatic heterocycles. The number of aromatic nitrogens is 1. The Morgan fingerprint density at radius 1 is 0.903 bits per heavy atom. The standard InChI is InChI=1S/C25H20N2O3S/c28-24(27-15-21(25(29)30)18-6-2-1-3-7-18)23-14-20(16-31-23)17-9-11-19(12-10-17)22-8-4-5-13-26-22/h1-14,16,21H,15H2,(H,27,28)(H,29,30). The number of hydrogen-bond acceptors (Lipinski definition) is 4. The molecule has 4 rings (SSSR count). The van der Waals surface area contributed by atoms with Crippen molar-refractivity contribution in [3.8, 4) is 22.4 Å². The fourth-order valence-corrected chi connectivity index (χ4v) is 4.12. The number of nitrogens with one attached hydrogen (secondary N) is 1. The number of nitrogens with zero attached hydrogens (tertiary/aromatic N) is 1. The first-order valence-corrected chi connectivity index (χ1v) is 10.7. The SMILES string of the molecule is O=C(NCC(C(=O)O)c1ccccc1)c1cc(-c2ccc(-c3ccccn3)cc2)cs1. The minimum Gasteiger partial charge on any atom is -0.481 e. The van der Waals surface area contributed by atoms with Crippen molar-refractivity contribution in [3.63, 3.8) is 0 Å². The topological polar surface area (TPSA) is 79.3 Å². The molecule has 1 unspecified atom stereocenters. The van der Waals surface area contributed by atoms with E-state index in [-0.39, 0.29) is 12.5 Å². The summed E-state index contributed by atoms with van der Waals surface area (Å²) in [6.45, 7) is 0.0319. The maximum Gasteiger partial charge on any atom is 0.312 e. The zero-order valence-electron chi connectivity index (χ0n) is 16.6. The van der Waals surface area contributed by atoms with Gasteiger partial charge < -0.3 is 10.4 Å². The van der Waals surface area contributed by atoms with Gasteiger partial charge in [0, 0.05) is 18.3 Å². The maximum absolute atomic E-state index is 12.6. The van der Waals surface area contributed by atoms with Gasteiger partial charge in [-0.15, -0.1) is 11.3 Å². The highest BCUT2D eigenvalue weighted by molar-refractivity contribution is 7.12. The van der Waals surface area contributed by atoms with E-state index in [0.29, 0.717) is 10.4 Å². The van der Waals surface area contributed by atoms with Crippen molar-refractivity contribution in [1.82, 2.24) is 10.3 Å². The molecule has 2 aromatic carbocycles. The molecule has 0 aliphatic carbocycles. The second-order valence-electron chi connectivity index (χ2n) is 7.00. The van der Waals surface area contributed by atoms with Crippen LogP contribution in [0, 0.1) is 0 Å².